The molecule has 0 aromatic carbocycles. The van der Waals surface area contributed by atoms with E-state index < -0.39 is 19.7 Å². The van der Waals surface area contributed by atoms with E-state index in [4.69, 9.17) is 11.6 Å². The first-order valence-corrected chi connectivity index (χ1v) is 26.6. The standard InChI is InChI=1S/C26H38O3S.C25H35ClO3S.CH4/c1-18-9-13-23(27)17-22(18)12-11-21-7-6-16-26(4)24(14-15-25(21)26)19(2)8-10-20(3)30(5,28)29;1-17-7-11-21(27)16-20(17)10-9-19-6-5-15-25(3)22(12-13-23(19)25)18(2)8-14-24(26)30(4,28)29;/h10-12,14,19,23,25,27H,1,6-9,13,15-17H2,2-5H3;9-10,12,14,18,21,23,27H,1,5-8,11,13,15-16H2,2-4H3;1H4/b20-10+,21-11+,22-12-;19-9+,20-10-,24-14+;/t19?,23?,25-,26+;18?,21?,23-,25+;/m00./s1. The first kappa shape index (κ1) is 51.1. The van der Waals surface area contributed by atoms with Crippen molar-refractivity contribution in [3.63, 3.8) is 0 Å². The zero-order chi connectivity index (χ0) is 44.2. The summed E-state index contributed by atoms with van der Waals surface area (Å²) in [7, 11) is -6.42. The van der Waals surface area contributed by atoms with E-state index in [9.17, 15) is 27.0 Å². The number of hydrogen-bond donors (Lipinski definition) is 2. The molecule has 0 saturated heterocycles. The number of hydrogen-bond acceptors (Lipinski definition) is 6. The Kier molecular flexibility index (Phi) is 17.6. The Balaban J connectivity index is 0.000000264. The number of aliphatic hydroxyl groups is 2. The van der Waals surface area contributed by atoms with Crippen molar-refractivity contribution in [1.29, 1.82) is 0 Å². The molecule has 0 radical (unpaired) electrons. The molecule has 4 saturated carbocycles. The van der Waals surface area contributed by atoms with Crippen molar-refractivity contribution in [2.45, 2.75) is 157 Å². The Morgan fingerprint density at radius 3 is 1.54 bits per heavy atom. The monoisotopic (exact) mass is 896 g/mol. The van der Waals surface area contributed by atoms with Crippen molar-refractivity contribution >= 4 is 31.3 Å². The van der Waals surface area contributed by atoms with Crippen molar-refractivity contribution in [1.82, 2.24) is 0 Å². The van der Waals surface area contributed by atoms with E-state index in [-0.39, 0.29) is 40.7 Å². The first-order chi connectivity index (χ1) is 28.0. The van der Waals surface area contributed by atoms with Gasteiger partial charge in [-0.3, -0.25) is 0 Å². The SMILES string of the molecule is C.C=C1CCC(O)C/C1=C/C=C1\CCC[C@]2(C)C(C(C)C/C=C(\C)S(C)(=O)=O)=CC[C@@H]12.C=C1CCC(O)C/C1=C/C=C1\CCC[C@]2(C)C(C(C)C/C=C(\Cl)S(C)(=O)=O)=CC[C@@H]12. The highest BCUT2D eigenvalue weighted by atomic mass is 35.5. The van der Waals surface area contributed by atoms with Crippen molar-refractivity contribution in [3.05, 3.63) is 116 Å². The third-order valence-corrected chi connectivity index (χ3v) is 18.2. The lowest BCUT2D eigenvalue weighted by atomic mass is 9.62. The van der Waals surface area contributed by atoms with E-state index in [0.29, 0.717) is 35.5 Å². The van der Waals surface area contributed by atoms with Crippen LogP contribution in [0, 0.1) is 34.5 Å². The first-order valence-electron chi connectivity index (χ1n) is 22.4. The van der Waals surface area contributed by atoms with Gasteiger partial charge < -0.3 is 10.2 Å². The molecule has 6 rings (SSSR count). The molecule has 6 nitrogen and oxygen atoms in total. The normalized spacial score (nSPS) is 33.7. The second-order valence-electron chi connectivity index (χ2n) is 19.4. The molecule has 6 aliphatic carbocycles. The van der Waals surface area contributed by atoms with Crippen LogP contribution in [0.2, 0.25) is 0 Å². The van der Waals surface area contributed by atoms with Crippen molar-refractivity contribution in [2.75, 3.05) is 12.5 Å². The molecular formula is C52H77ClO6S2. The smallest absolute Gasteiger partial charge is 0.185 e. The lowest BCUT2D eigenvalue weighted by Gasteiger charge is -2.42. The Hall–Kier alpha value is -2.49. The quantitative estimate of drug-likeness (QED) is 0.211. The van der Waals surface area contributed by atoms with Gasteiger partial charge in [-0.15, -0.1) is 0 Å². The van der Waals surface area contributed by atoms with E-state index in [2.05, 4.69) is 77.3 Å². The van der Waals surface area contributed by atoms with Gasteiger partial charge in [0.05, 0.1) is 12.2 Å². The van der Waals surface area contributed by atoms with Crippen LogP contribution in [0.5, 0.6) is 0 Å². The molecule has 0 bridgehead atoms. The minimum Gasteiger partial charge on any atom is -0.393 e. The van der Waals surface area contributed by atoms with Crippen molar-refractivity contribution in [3.8, 4) is 0 Å². The van der Waals surface area contributed by atoms with Gasteiger partial charge in [0, 0.05) is 17.4 Å². The van der Waals surface area contributed by atoms with Crippen LogP contribution in [0.15, 0.2) is 116 Å². The van der Waals surface area contributed by atoms with Gasteiger partial charge in [-0.25, -0.2) is 16.8 Å². The molecule has 0 amide bonds. The van der Waals surface area contributed by atoms with Crippen LogP contribution in [-0.4, -0.2) is 51.8 Å². The predicted molar refractivity (Wildman–Crippen MR) is 258 cm³/mol. The Morgan fingerprint density at radius 1 is 0.738 bits per heavy atom. The Bertz CT molecular complexity index is 1990. The topological polar surface area (TPSA) is 109 Å². The molecule has 0 heterocycles. The summed E-state index contributed by atoms with van der Waals surface area (Å²) in [6.07, 6.45) is 34.7. The summed E-state index contributed by atoms with van der Waals surface area (Å²) in [5, 5.41) is 20.0. The largest absolute Gasteiger partial charge is 0.393 e. The van der Waals surface area contributed by atoms with Crippen LogP contribution in [0.1, 0.15) is 145 Å². The summed E-state index contributed by atoms with van der Waals surface area (Å²) < 4.78 is 46.6. The summed E-state index contributed by atoms with van der Waals surface area (Å²) in [5.41, 5.74) is 11.0. The van der Waals surface area contributed by atoms with E-state index in [1.807, 2.05) is 6.08 Å². The van der Waals surface area contributed by atoms with Crippen molar-refractivity contribution < 1.29 is 27.0 Å². The molecule has 8 atom stereocenters. The molecule has 9 heteroatoms. The van der Waals surface area contributed by atoms with Gasteiger partial charge in [-0.05, 0) is 155 Å². The summed E-state index contributed by atoms with van der Waals surface area (Å²) in [6.45, 7) is 19.3. The number of halogens is 1. The number of allylic oxidation sites excluding steroid dienone is 15. The molecule has 4 unspecified atom stereocenters. The van der Waals surface area contributed by atoms with E-state index in [1.54, 1.807) is 13.0 Å². The van der Waals surface area contributed by atoms with Gasteiger partial charge in [0.2, 0.25) is 0 Å². The second-order valence-corrected chi connectivity index (χ2v) is 24.2. The fourth-order valence-electron chi connectivity index (χ4n) is 11.2. The summed E-state index contributed by atoms with van der Waals surface area (Å²) in [4.78, 5) is 0.473. The fraction of sp³-hybridized carbons (Fsp3) is 0.615. The molecule has 4 fully saturated rings. The molecule has 2 N–H and O–H groups in total. The van der Waals surface area contributed by atoms with Gasteiger partial charge in [0.25, 0.3) is 0 Å². The number of sulfone groups is 2. The third-order valence-electron chi connectivity index (χ3n) is 15.0. The zero-order valence-electron chi connectivity index (χ0n) is 37.5. The number of rotatable bonds is 10. The summed E-state index contributed by atoms with van der Waals surface area (Å²) in [6, 6.07) is 0. The number of aliphatic hydroxyl groups excluding tert-OH is 2. The fourth-order valence-corrected chi connectivity index (χ4v) is 12.1. The molecule has 0 aliphatic heterocycles. The molecule has 6 aliphatic rings. The van der Waals surface area contributed by atoms with Gasteiger partial charge >= 0.3 is 0 Å². The van der Waals surface area contributed by atoms with Crippen LogP contribution in [-0.2, 0) is 19.7 Å². The van der Waals surface area contributed by atoms with E-state index in [1.165, 1.54) is 58.1 Å². The molecule has 340 valence electrons. The second kappa shape index (κ2) is 21.0. The highest BCUT2D eigenvalue weighted by Gasteiger charge is 2.47. The molecule has 0 spiro atoms. The Morgan fingerprint density at radius 2 is 1.15 bits per heavy atom. The molecular weight excluding hydrogens is 820 g/mol. The maximum Gasteiger partial charge on any atom is 0.185 e. The average Bonchev–Trinajstić information content (AvgIpc) is 3.73. The van der Waals surface area contributed by atoms with E-state index in [0.717, 1.165) is 88.9 Å². The average molecular weight is 898 g/mol. The maximum atomic E-state index is 11.7. The third kappa shape index (κ3) is 12.4. The summed E-state index contributed by atoms with van der Waals surface area (Å²) in [5.74, 6) is 1.64. The van der Waals surface area contributed by atoms with Crippen molar-refractivity contribution in [2.24, 2.45) is 34.5 Å². The molecule has 0 aromatic rings. The number of fused-ring (bicyclic) bond motifs is 2. The highest BCUT2D eigenvalue weighted by molar-refractivity contribution is 7.96. The van der Waals surface area contributed by atoms with Crippen LogP contribution in [0.3, 0.4) is 0 Å². The van der Waals surface area contributed by atoms with Gasteiger partial charge in [0.1, 0.15) is 4.36 Å². The minimum absolute atomic E-state index is 0. The van der Waals surface area contributed by atoms with Crippen LogP contribution < -0.4 is 0 Å². The Labute approximate surface area is 376 Å². The van der Waals surface area contributed by atoms with E-state index >= 15 is 0 Å². The summed E-state index contributed by atoms with van der Waals surface area (Å²) >= 11 is 5.95. The molecule has 61 heavy (non-hydrogen) atoms. The lowest BCUT2D eigenvalue weighted by molar-refractivity contribution is 0.158. The zero-order valence-corrected chi connectivity index (χ0v) is 39.9. The van der Waals surface area contributed by atoms with Crippen LogP contribution >= 0.6 is 11.6 Å². The van der Waals surface area contributed by atoms with Crippen LogP contribution in [0.4, 0.5) is 0 Å². The molecule has 0 aromatic heterocycles. The maximum absolute atomic E-state index is 11.7. The van der Waals surface area contributed by atoms with Gasteiger partial charge in [0.15, 0.2) is 19.7 Å². The van der Waals surface area contributed by atoms with Gasteiger partial charge in [-0.1, -0.05) is 142 Å². The van der Waals surface area contributed by atoms with Gasteiger partial charge in [-0.2, -0.15) is 0 Å². The minimum atomic E-state index is -3.33. The predicted octanol–water partition coefficient (Wildman–Crippen LogP) is 12.9. The van der Waals surface area contributed by atoms with Crippen LogP contribution in [0.25, 0.3) is 0 Å². The highest BCUT2D eigenvalue weighted by Crippen LogP contribution is 2.58. The lowest BCUT2D eigenvalue weighted by Crippen LogP contribution is -2.32.